The maximum atomic E-state index is 13.2. The normalized spacial score (nSPS) is 22.2. The van der Waals surface area contributed by atoms with Crippen LogP contribution < -0.4 is 10.2 Å². The van der Waals surface area contributed by atoms with E-state index >= 15 is 0 Å². The fourth-order valence-electron chi connectivity index (χ4n) is 3.73. The fourth-order valence-corrected chi connectivity index (χ4v) is 5.67. The van der Waals surface area contributed by atoms with Gasteiger partial charge in [-0.25, -0.2) is 13.9 Å². The van der Waals surface area contributed by atoms with Crippen LogP contribution in [0.2, 0.25) is 5.02 Å². The maximum Gasteiger partial charge on any atom is 0.264 e. The second-order valence-corrected chi connectivity index (χ2v) is 10.1. The van der Waals surface area contributed by atoms with Gasteiger partial charge in [0.2, 0.25) is 10.0 Å². The molecule has 1 amide bonds. The van der Waals surface area contributed by atoms with Crippen LogP contribution in [0.1, 0.15) is 30.9 Å². The first-order chi connectivity index (χ1) is 14.6. The molecule has 2 aromatic rings. The second kappa shape index (κ2) is 9.13. The van der Waals surface area contributed by atoms with E-state index in [0.29, 0.717) is 23.8 Å². The molecule has 0 saturated carbocycles. The first kappa shape index (κ1) is 23.5. The van der Waals surface area contributed by atoms with Crippen LogP contribution >= 0.6 is 11.6 Å². The maximum absolute atomic E-state index is 13.2. The molecule has 2 aromatic carbocycles. The lowest BCUT2D eigenvalue weighted by atomic mass is 9.87. The number of halogens is 1. The number of hydroxylamine groups is 1. The molecule has 31 heavy (non-hydrogen) atoms. The third-order valence-electron chi connectivity index (χ3n) is 5.43. The summed E-state index contributed by atoms with van der Waals surface area (Å²) in [6.45, 7) is 3.64. The highest BCUT2D eigenvalue weighted by molar-refractivity contribution is 7.89. The van der Waals surface area contributed by atoms with Gasteiger partial charge >= 0.3 is 0 Å². The Hall–Kier alpha value is -2.17. The van der Waals surface area contributed by atoms with E-state index in [1.165, 1.54) is 36.7 Å². The second-order valence-electron chi connectivity index (χ2n) is 7.79. The Bertz CT molecular complexity index is 1060. The lowest BCUT2D eigenvalue weighted by Crippen LogP contribution is -2.62. The number of hydrogen-bond acceptors (Lipinski definition) is 6. The first-order valence-corrected chi connectivity index (χ1v) is 11.5. The summed E-state index contributed by atoms with van der Waals surface area (Å²) in [5, 5.41) is 20.3. The predicted octanol–water partition coefficient (Wildman–Crippen LogP) is 2.64. The number of aryl methyl sites for hydroxylation is 1. The van der Waals surface area contributed by atoms with Crippen LogP contribution in [0.3, 0.4) is 0 Å². The number of ether oxygens (including phenoxy) is 1. The number of piperidine rings is 1. The molecule has 10 heteroatoms. The summed E-state index contributed by atoms with van der Waals surface area (Å²) < 4.78 is 33.0. The summed E-state index contributed by atoms with van der Waals surface area (Å²) in [5.41, 5.74) is 1.78. The molecule has 1 aliphatic rings. The van der Waals surface area contributed by atoms with E-state index < -0.39 is 27.6 Å². The van der Waals surface area contributed by atoms with Crippen LogP contribution in [0.5, 0.6) is 5.75 Å². The van der Waals surface area contributed by atoms with Crippen molar-refractivity contribution >= 4 is 27.5 Å². The van der Waals surface area contributed by atoms with Crippen molar-refractivity contribution < 1.29 is 28.3 Å². The summed E-state index contributed by atoms with van der Waals surface area (Å²) in [5.74, 6) is -0.504. The van der Waals surface area contributed by atoms with Crippen molar-refractivity contribution in [2.75, 3.05) is 6.54 Å². The van der Waals surface area contributed by atoms with Crippen LogP contribution in [0.4, 0.5) is 0 Å². The molecule has 1 fully saturated rings. The highest BCUT2D eigenvalue weighted by Crippen LogP contribution is 2.32. The number of carbonyl (C=O) groups excluding carboxylic acids is 1. The van der Waals surface area contributed by atoms with Gasteiger partial charge in [0.25, 0.3) is 5.91 Å². The van der Waals surface area contributed by atoms with Crippen LogP contribution in [0, 0.1) is 6.92 Å². The van der Waals surface area contributed by atoms with Gasteiger partial charge in [0, 0.05) is 11.6 Å². The van der Waals surface area contributed by atoms with E-state index in [1.54, 1.807) is 6.07 Å². The van der Waals surface area contributed by atoms with Crippen molar-refractivity contribution in [1.82, 2.24) is 9.79 Å². The van der Waals surface area contributed by atoms with Crippen LogP contribution in [0.15, 0.2) is 47.4 Å². The molecular weight excluding hydrogens is 444 g/mol. The number of nitrogens with one attached hydrogen (secondary N) is 1. The molecule has 1 saturated heterocycles. The third-order valence-corrected chi connectivity index (χ3v) is 7.54. The van der Waals surface area contributed by atoms with Crippen molar-refractivity contribution in [3.8, 4) is 5.75 Å². The number of carbonyl (C=O) groups is 1. The lowest BCUT2D eigenvalue weighted by Gasteiger charge is -2.42. The number of amides is 1. The van der Waals surface area contributed by atoms with Gasteiger partial charge in [-0.05, 0) is 74.2 Å². The van der Waals surface area contributed by atoms with Crippen molar-refractivity contribution in [3.63, 3.8) is 0 Å². The van der Waals surface area contributed by atoms with E-state index in [9.17, 15) is 18.3 Å². The predicted molar refractivity (Wildman–Crippen MR) is 114 cm³/mol. The quantitative estimate of drug-likeness (QED) is 0.443. The summed E-state index contributed by atoms with van der Waals surface area (Å²) >= 11 is 5.96. The highest BCUT2D eigenvalue weighted by Gasteiger charge is 2.49. The van der Waals surface area contributed by atoms with Gasteiger partial charge in [0.1, 0.15) is 18.4 Å². The van der Waals surface area contributed by atoms with Crippen molar-refractivity contribution in [2.45, 2.75) is 49.8 Å². The van der Waals surface area contributed by atoms with E-state index in [2.05, 4.69) is 0 Å². The molecular formula is C21H25ClN2O6S. The molecule has 168 valence electrons. The van der Waals surface area contributed by atoms with Gasteiger partial charge in [0.15, 0.2) is 0 Å². The standard InChI is InChI=1S/C21H25ClN2O6S/c1-14-12-16(22)5-4-15(14)13-30-17-6-8-18(9-7-17)31(28,29)24-11-3-10-21(2,26)19(24)20(25)23-27/h4-9,12,19,26-27H,3,10-11,13H2,1-2H3,(H,23,25)/t19-,21+/m0/s1. The average molecular weight is 469 g/mol. The fraction of sp³-hybridized carbons (Fsp3) is 0.381. The van der Waals surface area contributed by atoms with Crippen LogP contribution in [-0.2, 0) is 21.4 Å². The Kier molecular flexibility index (Phi) is 6.92. The van der Waals surface area contributed by atoms with Gasteiger partial charge in [-0.3, -0.25) is 10.0 Å². The van der Waals surface area contributed by atoms with Gasteiger partial charge in [-0.2, -0.15) is 4.31 Å². The van der Waals surface area contributed by atoms with E-state index in [1.807, 2.05) is 19.1 Å². The van der Waals surface area contributed by atoms with E-state index in [0.717, 1.165) is 15.4 Å². The molecule has 0 aliphatic carbocycles. The molecule has 3 N–H and O–H groups in total. The molecule has 1 heterocycles. The largest absolute Gasteiger partial charge is 0.489 e. The molecule has 3 rings (SSSR count). The summed E-state index contributed by atoms with van der Waals surface area (Å²) in [4.78, 5) is 12.1. The van der Waals surface area contributed by atoms with Crippen LogP contribution in [-0.4, -0.2) is 47.1 Å². The Morgan fingerprint density at radius 2 is 1.97 bits per heavy atom. The third kappa shape index (κ3) is 5.02. The molecule has 0 unspecified atom stereocenters. The van der Waals surface area contributed by atoms with Gasteiger partial charge in [-0.15, -0.1) is 0 Å². The Balaban J connectivity index is 1.79. The number of benzene rings is 2. The van der Waals surface area contributed by atoms with Gasteiger partial charge < -0.3 is 9.84 Å². The molecule has 0 aromatic heterocycles. The molecule has 2 atom stereocenters. The molecule has 0 bridgehead atoms. The number of sulfonamides is 1. The van der Waals surface area contributed by atoms with E-state index in [-0.39, 0.29) is 17.9 Å². The Morgan fingerprint density at radius 3 is 2.58 bits per heavy atom. The SMILES string of the molecule is Cc1cc(Cl)ccc1COc1ccc(S(=O)(=O)N2CCC[C@@](C)(O)[C@@H]2C(=O)NO)cc1. The Labute approximate surface area is 186 Å². The highest BCUT2D eigenvalue weighted by atomic mass is 35.5. The molecule has 0 spiro atoms. The van der Waals surface area contributed by atoms with Crippen LogP contribution in [0.25, 0.3) is 0 Å². The summed E-state index contributed by atoms with van der Waals surface area (Å²) in [7, 11) is -4.10. The molecule has 1 aliphatic heterocycles. The number of aliphatic hydroxyl groups is 1. The number of rotatable bonds is 6. The zero-order valence-electron chi connectivity index (χ0n) is 17.2. The minimum absolute atomic E-state index is 0.0454. The number of hydrogen-bond donors (Lipinski definition) is 3. The topological polar surface area (TPSA) is 116 Å². The summed E-state index contributed by atoms with van der Waals surface area (Å²) in [6, 6.07) is 9.86. The number of nitrogens with zero attached hydrogens (tertiary/aromatic N) is 1. The Morgan fingerprint density at radius 1 is 1.29 bits per heavy atom. The lowest BCUT2D eigenvalue weighted by molar-refractivity contribution is -0.144. The summed E-state index contributed by atoms with van der Waals surface area (Å²) in [6.07, 6.45) is 0.608. The minimum Gasteiger partial charge on any atom is -0.489 e. The zero-order chi connectivity index (χ0) is 22.8. The van der Waals surface area contributed by atoms with Gasteiger partial charge in [-0.1, -0.05) is 17.7 Å². The zero-order valence-corrected chi connectivity index (χ0v) is 18.8. The monoisotopic (exact) mass is 468 g/mol. The van der Waals surface area contributed by atoms with E-state index in [4.69, 9.17) is 21.5 Å². The molecule has 0 radical (unpaired) electrons. The van der Waals surface area contributed by atoms with Crippen molar-refractivity contribution in [2.24, 2.45) is 0 Å². The smallest absolute Gasteiger partial charge is 0.264 e. The average Bonchev–Trinajstić information content (AvgIpc) is 2.72. The molecule has 8 nitrogen and oxygen atoms in total. The van der Waals surface area contributed by atoms with Crippen molar-refractivity contribution in [1.29, 1.82) is 0 Å². The van der Waals surface area contributed by atoms with Crippen molar-refractivity contribution in [3.05, 3.63) is 58.6 Å². The van der Waals surface area contributed by atoms with Gasteiger partial charge in [0.05, 0.1) is 10.5 Å². The minimum atomic E-state index is -4.10. The first-order valence-electron chi connectivity index (χ1n) is 9.72.